The molecular weight excluding hydrogens is 358 g/mol. The number of halogens is 1. The molecule has 3 N–H and O–H groups in total. The normalized spacial score (nSPS) is 17.6. The van der Waals surface area contributed by atoms with E-state index in [0.29, 0.717) is 24.4 Å². The second-order valence-corrected chi connectivity index (χ2v) is 6.97. The van der Waals surface area contributed by atoms with Crippen molar-refractivity contribution in [3.8, 4) is 0 Å². The van der Waals surface area contributed by atoms with Crippen LogP contribution in [0.15, 0.2) is 47.8 Å². The summed E-state index contributed by atoms with van der Waals surface area (Å²) in [5.74, 6) is -0.264. The fourth-order valence-electron chi connectivity index (χ4n) is 2.89. The maximum atomic E-state index is 12.9. The standard InChI is InChI=1S/C18H21N3O2S.ClH/c19-14-8-9-21(12-14)18(23)15(11-13-5-2-1-3-6-13)20-17(22)16-7-4-10-24-16;/h1-7,10,14-15H,8-9,11-12,19H2,(H,20,22);1H/t14-,15?;/m1./s1. The molecular formula is C18H22ClN3O2S. The number of rotatable bonds is 5. The van der Waals surface area contributed by atoms with Crippen molar-refractivity contribution < 1.29 is 9.59 Å². The van der Waals surface area contributed by atoms with Crippen LogP contribution in [0.1, 0.15) is 21.7 Å². The molecule has 2 amide bonds. The van der Waals surface area contributed by atoms with Gasteiger partial charge in [0.15, 0.2) is 0 Å². The fraction of sp³-hybridized carbons (Fsp3) is 0.333. The summed E-state index contributed by atoms with van der Waals surface area (Å²) >= 11 is 1.37. The van der Waals surface area contributed by atoms with Crippen molar-refractivity contribution in [2.75, 3.05) is 13.1 Å². The number of carbonyl (C=O) groups is 2. The van der Waals surface area contributed by atoms with Crippen LogP contribution >= 0.6 is 23.7 Å². The molecule has 2 aromatic rings. The van der Waals surface area contributed by atoms with E-state index in [1.807, 2.05) is 41.8 Å². The van der Waals surface area contributed by atoms with Crippen molar-refractivity contribution in [2.24, 2.45) is 5.73 Å². The Labute approximate surface area is 157 Å². The summed E-state index contributed by atoms with van der Waals surface area (Å²) in [6.45, 7) is 1.21. The zero-order valence-electron chi connectivity index (χ0n) is 13.8. The van der Waals surface area contributed by atoms with Gasteiger partial charge in [0.25, 0.3) is 5.91 Å². The van der Waals surface area contributed by atoms with Gasteiger partial charge < -0.3 is 16.0 Å². The molecule has 0 spiro atoms. The summed E-state index contributed by atoms with van der Waals surface area (Å²) < 4.78 is 0. The van der Waals surface area contributed by atoms with E-state index in [0.717, 1.165) is 12.0 Å². The second-order valence-electron chi connectivity index (χ2n) is 6.03. The smallest absolute Gasteiger partial charge is 0.262 e. The summed E-state index contributed by atoms with van der Waals surface area (Å²) in [5, 5.41) is 4.75. The molecule has 3 rings (SSSR count). The molecule has 2 atom stereocenters. The zero-order chi connectivity index (χ0) is 16.9. The molecule has 1 unspecified atom stereocenters. The Hall–Kier alpha value is -1.89. The molecule has 0 radical (unpaired) electrons. The number of thiophene rings is 1. The van der Waals surface area contributed by atoms with Crippen LogP contribution < -0.4 is 11.1 Å². The Kier molecular flexibility index (Phi) is 6.99. The first kappa shape index (κ1) is 19.4. The highest BCUT2D eigenvalue weighted by molar-refractivity contribution is 7.12. The third-order valence-corrected chi connectivity index (χ3v) is 5.04. The van der Waals surface area contributed by atoms with Gasteiger partial charge in [-0.15, -0.1) is 23.7 Å². The highest BCUT2D eigenvalue weighted by atomic mass is 35.5. The van der Waals surface area contributed by atoms with E-state index in [4.69, 9.17) is 5.73 Å². The number of hydrogen-bond acceptors (Lipinski definition) is 4. The summed E-state index contributed by atoms with van der Waals surface area (Å²) in [4.78, 5) is 27.6. The molecule has 7 heteroatoms. The summed E-state index contributed by atoms with van der Waals surface area (Å²) in [7, 11) is 0. The predicted molar refractivity (Wildman–Crippen MR) is 102 cm³/mol. The molecule has 134 valence electrons. The maximum Gasteiger partial charge on any atom is 0.262 e. The fourth-order valence-corrected chi connectivity index (χ4v) is 3.52. The van der Waals surface area contributed by atoms with Crippen LogP contribution in [-0.4, -0.2) is 41.9 Å². The molecule has 0 aliphatic carbocycles. The first-order valence-electron chi connectivity index (χ1n) is 8.06. The van der Waals surface area contributed by atoms with Crippen molar-refractivity contribution >= 4 is 35.6 Å². The van der Waals surface area contributed by atoms with Gasteiger partial charge in [-0.05, 0) is 23.4 Å². The Bertz CT molecular complexity index is 694. The van der Waals surface area contributed by atoms with Crippen LogP contribution in [0, 0.1) is 0 Å². The predicted octanol–water partition coefficient (Wildman–Crippen LogP) is 2.07. The zero-order valence-corrected chi connectivity index (χ0v) is 15.4. The third-order valence-electron chi connectivity index (χ3n) is 4.17. The van der Waals surface area contributed by atoms with Crippen LogP contribution in [0.3, 0.4) is 0 Å². The molecule has 1 aromatic heterocycles. The number of amides is 2. The van der Waals surface area contributed by atoms with E-state index in [1.54, 1.807) is 11.0 Å². The number of nitrogens with two attached hydrogens (primary N) is 1. The van der Waals surface area contributed by atoms with Gasteiger partial charge in [-0.3, -0.25) is 9.59 Å². The van der Waals surface area contributed by atoms with Crippen LogP contribution in [0.2, 0.25) is 0 Å². The number of nitrogens with one attached hydrogen (secondary N) is 1. The van der Waals surface area contributed by atoms with Gasteiger partial charge in [0, 0.05) is 25.6 Å². The van der Waals surface area contributed by atoms with Gasteiger partial charge in [0.05, 0.1) is 4.88 Å². The number of benzene rings is 1. The number of likely N-dealkylation sites (tertiary alicyclic amines) is 1. The molecule has 1 aromatic carbocycles. The minimum absolute atomic E-state index is 0. The molecule has 2 heterocycles. The van der Waals surface area contributed by atoms with Gasteiger partial charge in [-0.1, -0.05) is 36.4 Å². The van der Waals surface area contributed by atoms with Crippen molar-refractivity contribution in [3.63, 3.8) is 0 Å². The van der Waals surface area contributed by atoms with Crippen molar-refractivity contribution in [1.29, 1.82) is 0 Å². The lowest BCUT2D eigenvalue weighted by molar-refractivity contribution is -0.132. The molecule has 1 aliphatic rings. The van der Waals surface area contributed by atoms with E-state index in [1.165, 1.54) is 11.3 Å². The van der Waals surface area contributed by atoms with E-state index in [2.05, 4.69) is 5.32 Å². The Morgan fingerprint density at radius 1 is 1.24 bits per heavy atom. The monoisotopic (exact) mass is 379 g/mol. The summed E-state index contributed by atoms with van der Waals surface area (Å²) in [5.41, 5.74) is 6.93. The van der Waals surface area contributed by atoms with Gasteiger partial charge in [-0.25, -0.2) is 0 Å². The van der Waals surface area contributed by atoms with E-state index in [9.17, 15) is 9.59 Å². The Morgan fingerprint density at radius 3 is 2.60 bits per heavy atom. The summed E-state index contributed by atoms with van der Waals surface area (Å²) in [6, 6.07) is 12.8. The molecule has 0 saturated carbocycles. The topological polar surface area (TPSA) is 75.4 Å². The van der Waals surface area contributed by atoms with Gasteiger partial charge in [0.2, 0.25) is 5.91 Å². The molecule has 1 fully saturated rings. The van der Waals surface area contributed by atoms with E-state index < -0.39 is 6.04 Å². The van der Waals surface area contributed by atoms with Crippen molar-refractivity contribution in [3.05, 3.63) is 58.3 Å². The lowest BCUT2D eigenvalue weighted by Crippen LogP contribution is -2.49. The average Bonchev–Trinajstić information content (AvgIpc) is 3.26. The van der Waals surface area contributed by atoms with Crippen molar-refractivity contribution in [1.82, 2.24) is 10.2 Å². The highest BCUT2D eigenvalue weighted by Gasteiger charge is 2.30. The largest absolute Gasteiger partial charge is 0.339 e. The molecule has 5 nitrogen and oxygen atoms in total. The lowest BCUT2D eigenvalue weighted by Gasteiger charge is -2.24. The third kappa shape index (κ3) is 5.04. The first-order valence-corrected chi connectivity index (χ1v) is 8.94. The minimum atomic E-state index is -0.577. The molecule has 1 aliphatic heterocycles. The maximum absolute atomic E-state index is 12.9. The molecule has 1 saturated heterocycles. The average molecular weight is 380 g/mol. The van der Waals surface area contributed by atoms with Crippen LogP contribution in [0.4, 0.5) is 0 Å². The number of hydrogen-bond donors (Lipinski definition) is 2. The van der Waals surface area contributed by atoms with Crippen LogP contribution in [0.25, 0.3) is 0 Å². The van der Waals surface area contributed by atoms with Gasteiger partial charge >= 0.3 is 0 Å². The van der Waals surface area contributed by atoms with Crippen LogP contribution in [0.5, 0.6) is 0 Å². The quantitative estimate of drug-likeness (QED) is 0.835. The second kappa shape index (κ2) is 8.99. The van der Waals surface area contributed by atoms with Gasteiger partial charge in [0.1, 0.15) is 6.04 Å². The minimum Gasteiger partial charge on any atom is -0.339 e. The van der Waals surface area contributed by atoms with Crippen molar-refractivity contribution in [2.45, 2.75) is 24.9 Å². The summed E-state index contributed by atoms with van der Waals surface area (Å²) in [6.07, 6.45) is 1.28. The molecule has 0 bridgehead atoms. The lowest BCUT2D eigenvalue weighted by atomic mass is 10.0. The van der Waals surface area contributed by atoms with Crippen LogP contribution in [-0.2, 0) is 11.2 Å². The first-order chi connectivity index (χ1) is 11.6. The highest BCUT2D eigenvalue weighted by Crippen LogP contribution is 2.14. The SMILES string of the molecule is Cl.N[C@@H]1CCN(C(=O)C(Cc2ccccc2)NC(=O)c2cccs2)C1. The molecule has 25 heavy (non-hydrogen) atoms. The number of carbonyl (C=O) groups excluding carboxylic acids is 2. The Morgan fingerprint density at radius 2 is 2.00 bits per heavy atom. The van der Waals surface area contributed by atoms with E-state index >= 15 is 0 Å². The van der Waals surface area contributed by atoms with E-state index in [-0.39, 0.29) is 30.3 Å². The number of nitrogens with zero attached hydrogens (tertiary/aromatic N) is 1. The Balaban J connectivity index is 0.00000225. The van der Waals surface area contributed by atoms with Gasteiger partial charge in [-0.2, -0.15) is 0 Å².